The van der Waals surface area contributed by atoms with Gasteiger partial charge in [-0.2, -0.15) is 0 Å². The Kier molecular flexibility index (Phi) is 4.53. The Hall–Kier alpha value is -2.14. The molecule has 0 spiro atoms. The smallest absolute Gasteiger partial charge is 0.270 e. The zero-order valence-electron chi connectivity index (χ0n) is 12.9. The summed E-state index contributed by atoms with van der Waals surface area (Å²) in [5, 5.41) is 0. The minimum absolute atomic E-state index is 0.0800. The van der Waals surface area contributed by atoms with Gasteiger partial charge < -0.3 is 14.8 Å². The topological polar surface area (TPSA) is 52.2 Å². The van der Waals surface area contributed by atoms with Crippen molar-refractivity contribution in [1.82, 2.24) is 19.8 Å². The number of nitrogens with one attached hydrogen (secondary N) is 1. The van der Waals surface area contributed by atoms with Crippen molar-refractivity contribution in [2.45, 2.75) is 25.4 Å². The van der Waals surface area contributed by atoms with Crippen molar-refractivity contribution in [3.63, 3.8) is 0 Å². The maximum Gasteiger partial charge on any atom is 0.270 e. The van der Waals surface area contributed by atoms with Crippen molar-refractivity contribution in [1.29, 1.82) is 0 Å². The number of amides is 1. The average molecular weight is 298 g/mol. The Labute approximate surface area is 131 Å². The fraction of sp³-hybridized carbons (Fsp3) is 0.412. The van der Waals surface area contributed by atoms with Crippen LogP contribution < -0.4 is 0 Å². The Morgan fingerprint density at radius 3 is 2.68 bits per heavy atom. The van der Waals surface area contributed by atoms with Crippen LogP contribution in [0.5, 0.6) is 0 Å². The predicted octanol–water partition coefficient (Wildman–Crippen LogP) is 2.15. The summed E-state index contributed by atoms with van der Waals surface area (Å²) < 4.78 is 0. The highest BCUT2D eigenvalue weighted by atomic mass is 16.2. The normalized spacial score (nSPS) is 16.6. The van der Waals surface area contributed by atoms with Gasteiger partial charge in [-0.1, -0.05) is 0 Å². The van der Waals surface area contributed by atoms with Crippen molar-refractivity contribution in [2.75, 3.05) is 20.1 Å². The second-order valence-electron chi connectivity index (χ2n) is 5.91. The van der Waals surface area contributed by atoms with Crippen LogP contribution in [-0.2, 0) is 6.54 Å². The van der Waals surface area contributed by atoms with Crippen LogP contribution in [0, 0.1) is 0 Å². The first-order valence-corrected chi connectivity index (χ1v) is 7.76. The summed E-state index contributed by atoms with van der Waals surface area (Å²) >= 11 is 0. The van der Waals surface area contributed by atoms with Gasteiger partial charge in [0.2, 0.25) is 0 Å². The molecule has 1 aliphatic rings. The second-order valence-corrected chi connectivity index (χ2v) is 5.91. The summed E-state index contributed by atoms with van der Waals surface area (Å²) in [6, 6.07) is 7.96. The van der Waals surface area contributed by atoms with Gasteiger partial charge in [-0.15, -0.1) is 0 Å². The Morgan fingerprint density at radius 1 is 1.32 bits per heavy atom. The van der Waals surface area contributed by atoms with E-state index < -0.39 is 0 Å². The summed E-state index contributed by atoms with van der Waals surface area (Å²) in [7, 11) is 2.14. The Balaban J connectivity index is 1.80. The van der Waals surface area contributed by atoms with E-state index >= 15 is 0 Å². The first-order chi connectivity index (χ1) is 10.7. The van der Waals surface area contributed by atoms with Gasteiger partial charge in [0.1, 0.15) is 5.69 Å². The molecule has 116 valence electrons. The van der Waals surface area contributed by atoms with Crippen LogP contribution in [0.2, 0.25) is 0 Å². The molecule has 0 unspecified atom stereocenters. The number of aromatic amines is 1. The fourth-order valence-corrected chi connectivity index (χ4v) is 2.98. The van der Waals surface area contributed by atoms with E-state index in [0.717, 1.165) is 31.5 Å². The predicted molar refractivity (Wildman–Crippen MR) is 85.4 cm³/mol. The number of likely N-dealkylation sites (tertiary alicyclic amines) is 1. The quantitative estimate of drug-likeness (QED) is 0.941. The number of hydrogen-bond acceptors (Lipinski definition) is 3. The molecule has 0 atom stereocenters. The van der Waals surface area contributed by atoms with E-state index in [0.29, 0.717) is 18.3 Å². The lowest BCUT2D eigenvalue weighted by Gasteiger charge is -2.37. The third kappa shape index (κ3) is 3.36. The molecule has 5 heteroatoms. The van der Waals surface area contributed by atoms with Crippen LogP contribution in [-0.4, -0.2) is 51.9 Å². The van der Waals surface area contributed by atoms with Crippen LogP contribution >= 0.6 is 0 Å². The lowest BCUT2D eigenvalue weighted by Crippen LogP contribution is -2.46. The molecular formula is C17H22N4O. The Morgan fingerprint density at radius 2 is 2.05 bits per heavy atom. The number of hydrogen-bond donors (Lipinski definition) is 1. The highest BCUT2D eigenvalue weighted by molar-refractivity contribution is 5.92. The molecule has 3 rings (SSSR count). The maximum atomic E-state index is 12.9. The summed E-state index contributed by atoms with van der Waals surface area (Å²) in [4.78, 5) is 24.3. The van der Waals surface area contributed by atoms with Crippen LogP contribution in [0.4, 0.5) is 0 Å². The lowest BCUT2D eigenvalue weighted by atomic mass is 10.0. The molecule has 0 saturated carbocycles. The SMILES string of the molecule is CN1CCC(N(Cc2ccncc2)C(=O)c2ccc[nH]2)CC1. The number of piperidine rings is 1. The van der Waals surface area contributed by atoms with Gasteiger partial charge >= 0.3 is 0 Å². The van der Waals surface area contributed by atoms with Gasteiger partial charge in [0.15, 0.2) is 0 Å². The van der Waals surface area contributed by atoms with Crippen molar-refractivity contribution in [3.05, 3.63) is 54.1 Å². The third-order valence-electron chi connectivity index (χ3n) is 4.32. The zero-order chi connectivity index (χ0) is 15.4. The first-order valence-electron chi connectivity index (χ1n) is 7.76. The summed E-state index contributed by atoms with van der Waals surface area (Å²) in [6.07, 6.45) is 7.40. The van der Waals surface area contributed by atoms with Gasteiger partial charge in [-0.3, -0.25) is 9.78 Å². The molecule has 2 aromatic rings. The summed E-state index contributed by atoms with van der Waals surface area (Å²) in [5.41, 5.74) is 1.78. The molecule has 2 aromatic heterocycles. The molecule has 3 heterocycles. The minimum Gasteiger partial charge on any atom is -0.357 e. The maximum absolute atomic E-state index is 12.9. The molecular weight excluding hydrogens is 276 g/mol. The van der Waals surface area contributed by atoms with E-state index in [1.165, 1.54) is 0 Å². The molecule has 22 heavy (non-hydrogen) atoms. The minimum atomic E-state index is 0.0800. The highest BCUT2D eigenvalue weighted by Crippen LogP contribution is 2.20. The number of carbonyl (C=O) groups excluding carboxylic acids is 1. The van der Waals surface area contributed by atoms with Crippen molar-refractivity contribution in [2.24, 2.45) is 0 Å². The fourth-order valence-electron chi connectivity index (χ4n) is 2.98. The largest absolute Gasteiger partial charge is 0.357 e. The van der Waals surface area contributed by atoms with E-state index in [1.807, 2.05) is 29.2 Å². The number of pyridine rings is 1. The third-order valence-corrected chi connectivity index (χ3v) is 4.32. The molecule has 1 saturated heterocycles. The molecule has 0 aliphatic carbocycles. The number of carbonyl (C=O) groups is 1. The molecule has 1 aliphatic heterocycles. The van der Waals surface area contributed by atoms with Crippen LogP contribution in [0.3, 0.4) is 0 Å². The van der Waals surface area contributed by atoms with E-state index in [2.05, 4.69) is 21.9 Å². The number of aromatic nitrogens is 2. The van der Waals surface area contributed by atoms with Gasteiger partial charge in [0.05, 0.1) is 0 Å². The second kappa shape index (κ2) is 6.75. The van der Waals surface area contributed by atoms with Crippen molar-refractivity contribution in [3.8, 4) is 0 Å². The number of H-pyrrole nitrogens is 1. The highest BCUT2D eigenvalue weighted by Gasteiger charge is 2.28. The van der Waals surface area contributed by atoms with Gasteiger partial charge in [-0.25, -0.2) is 0 Å². The van der Waals surface area contributed by atoms with Crippen LogP contribution in [0.25, 0.3) is 0 Å². The van der Waals surface area contributed by atoms with Gasteiger partial charge in [0, 0.05) is 31.2 Å². The first kappa shape index (κ1) is 14.8. The molecule has 0 radical (unpaired) electrons. The van der Waals surface area contributed by atoms with E-state index in [4.69, 9.17) is 0 Å². The van der Waals surface area contributed by atoms with Crippen molar-refractivity contribution < 1.29 is 4.79 Å². The van der Waals surface area contributed by atoms with Crippen LogP contribution in [0.1, 0.15) is 28.9 Å². The monoisotopic (exact) mass is 298 g/mol. The van der Waals surface area contributed by atoms with E-state index in [-0.39, 0.29) is 5.91 Å². The number of rotatable bonds is 4. The summed E-state index contributed by atoms with van der Waals surface area (Å²) in [5.74, 6) is 0.0800. The zero-order valence-corrected chi connectivity index (χ0v) is 12.9. The molecule has 1 fully saturated rings. The van der Waals surface area contributed by atoms with Gasteiger partial charge in [-0.05, 0) is 62.8 Å². The van der Waals surface area contributed by atoms with E-state index in [9.17, 15) is 4.79 Å². The standard InChI is InChI=1S/C17H22N4O/c1-20-11-6-15(7-12-20)21(13-14-4-9-18-10-5-14)17(22)16-3-2-8-19-16/h2-5,8-10,15,19H,6-7,11-13H2,1H3. The summed E-state index contributed by atoms with van der Waals surface area (Å²) in [6.45, 7) is 2.71. The van der Waals surface area contributed by atoms with Gasteiger partial charge in [0.25, 0.3) is 5.91 Å². The molecule has 1 amide bonds. The molecule has 0 aromatic carbocycles. The molecule has 5 nitrogen and oxygen atoms in total. The van der Waals surface area contributed by atoms with E-state index in [1.54, 1.807) is 18.6 Å². The lowest BCUT2D eigenvalue weighted by molar-refractivity contribution is 0.0564. The Bertz CT molecular complexity index is 588. The molecule has 1 N–H and O–H groups in total. The molecule has 0 bridgehead atoms. The van der Waals surface area contributed by atoms with Crippen LogP contribution in [0.15, 0.2) is 42.9 Å². The van der Waals surface area contributed by atoms with Crippen molar-refractivity contribution >= 4 is 5.91 Å². The average Bonchev–Trinajstić information content (AvgIpc) is 3.08. The number of nitrogens with zero attached hydrogens (tertiary/aromatic N) is 3.